The molecular formula is C26H30F3N9Pt. The summed E-state index contributed by atoms with van der Waals surface area (Å²) in [5, 5.41) is 21.2. The van der Waals surface area contributed by atoms with Crippen molar-refractivity contribution >= 4 is 0 Å². The zero-order valence-corrected chi connectivity index (χ0v) is 24.8. The van der Waals surface area contributed by atoms with Gasteiger partial charge in [-0.3, -0.25) is 20.3 Å². The molecule has 4 aromatic rings. The van der Waals surface area contributed by atoms with Crippen LogP contribution in [0.1, 0.15) is 81.8 Å². The van der Waals surface area contributed by atoms with Crippen LogP contribution in [0.4, 0.5) is 13.2 Å². The summed E-state index contributed by atoms with van der Waals surface area (Å²) in [5.41, 5.74) is 6.83. The molecule has 0 radical (unpaired) electrons. The fourth-order valence-electron chi connectivity index (χ4n) is 5.83. The van der Waals surface area contributed by atoms with Crippen molar-refractivity contribution in [3.05, 3.63) is 46.8 Å². The van der Waals surface area contributed by atoms with E-state index in [4.69, 9.17) is 5.10 Å². The molecule has 39 heavy (non-hydrogen) atoms. The largest absolute Gasteiger partial charge is 2.00 e. The molecule has 1 saturated carbocycles. The van der Waals surface area contributed by atoms with Gasteiger partial charge in [0.25, 0.3) is 0 Å². The number of rotatable bonds is 4. The molecule has 0 amide bonds. The summed E-state index contributed by atoms with van der Waals surface area (Å²) >= 11 is 0. The maximum absolute atomic E-state index is 12.1. The summed E-state index contributed by atoms with van der Waals surface area (Å²) in [6.07, 6.45) is 0.956. The number of halogens is 3. The smallest absolute Gasteiger partial charge is 0.423 e. The monoisotopic (exact) mass is 720 g/mol. The van der Waals surface area contributed by atoms with E-state index in [1.54, 1.807) is 6.92 Å². The Kier molecular flexibility index (Phi) is 7.66. The summed E-state index contributed by atoms with van der Waals surface area (Å²) in [4.78, 5) is 11.5. The van der Waals surface area contributed by atoms with Crippen LogP contribution in [0, 0.1) is 18.3 Å². The fraction of sp³-hybridized carbons (Fsp3) is 0.538. The van der Waals surface area contributed by atoms with Crippen molar-refractivity contribution in [3.8, 4) is 23.0 Å². The minimum absolute atomic E-state index is 0. The molecule has 210 valence electrons. The minimum Gasteiger partial charge on any atom is -0.423 e. The first kappa shape index (κ1) is 29.1. The zero-order valence-electron chi connectivity index (χ0n) is 22.5. The second-order valence-corrected chi connectivity index (χ2v) is 11.3. The SMILES string of the molecule is CC(C)Cc1ccnc(-c2n[nH]c3c2C2CCC3(C)C2(C)C)c1.Cc1n[n-]c(-c2nc(C(F)(F)F)n[n-]2)n1.[Pt+2]. The predicted molar refractivity (Wildman–Crippen MR) is 133 cm³/mol. The average molecular weight is 721 g/mol. The first-order valence-corrected chi connectivity index (χ1v) is 12.6. The topological polar surface area (TPSA) is 121 Å². The van der Waals surface area contributed by atoms with Gasteiger partial charge in [-0.1, -0.05) is 34.6 Å². The quantitative estimate of drug-likeness (QED) is 0.312. The Labute approximate surface area is 238 Å². The Bertz CT molecular complexity index is 1450. The molecule has 0 aromatic carbocycles. The molecule has 2 aliphatic rings. The van der Waals surface area contributed by atoms with Gasteiger partial charge in [0.15, 0.2) is 0 Å². The van der Waals surface area contributed by atoms with Crippen LogP contribution in [0.3, 0.4) is 0 Å². The van der Waals surface area contributed by atoms with Gasteiger partial charge in [-0.15, -0.1) is 0 Å². The number of hydrogen-bond donors (Lipinski definition) is 1. The molecule has 2 unspecified atom stereocenters. The van der Waals surface area contributed by atoms with E-state index in [0.29, 0.717) is 23.1 Å². The third-order valence-corrected chi connectivity index (χ3v) is 8.10. The third-order valence-electron chi connectivity index (χ3n) is 8.10. The van der Waals surface area contributed by atoms with Gasteiger partial charge < -0.3 is 20.2 Å². The molecular weight excluding hydrogens is 690 g/mol. The molecule has 1 fully saturated rings. The van der Waals surface area contributed by atoms with Crippen LogP contribution in [-0.2, 0) is 39.1 Å². The van der Waals surface area contributed by atoms with Gasteiger partial charge in [0.1, 0.15) is 11.5 Å². The summed E-state index contributed by atoms with van der Waals surface area (Å²) < 4.78 is 36.3. The van der Waals surface area contributed by atoms with Gasteiger partial charge in [0, 0.05) is 28.7 Å². The Morgan fingerprint density at radius 2 is 1.79 bits per heavy atom. The molecule has 0 spiro atoms. The van der Waals surface area contributed by atoms with E-state index in [0.717, 1.165) is 17.8 Å². The Balaban J connectivity index is 0.000000192. The predicted octanol–water partition coefficient (Wildman–Crippen LogP) is 5.02. The van der Waals surface area contributed by atoms with Crippen molar-refractivity contribution < 1.29 is 34.2 Å². The molecule has 13 heteroatoms. The van der Waals surface area contributed by atoms with Crippen LogP contribution in [-0.4, -0.2) is 35.3 Å². The normalized spacial score (nSPS) is 20.9. The van der Waals surface area contributed by atoms with Gasteiger partial charge in [-0.25, -0.2) is 0 Å². The molecule has 2 atom stereocenters. The van der Waals surface area contributed by atoms with Crippen molar-refractivity contribution in [2.24, 2.45) is 11.3 Å². The summed E-state index contributed by atoms with van der Waals surface area (Å²) in [5.74, 6) is -0.0439. The third kappa shape index (κ3) is 5.08. The first-order valence-electron chi connectivity index (χ1n) is 12.6. The van der Waals surface area contributed by atoms with Crippen LogP contribution < -0.4 is 10.2 Å². The second kappa shape index (κ2) is 10.3. The fourth-order valence-corrected chi connectivity index (χ4v) is 5.83. The molecule has 4 heterocycles. The van der Waals surface area contributed by atoms with E-state index in [1.807, 2.05) is 6.20 Å². The molecule has 2 aliphatic carbocycles. The van der Waals surface area contributed by atoms with Crippen LogP contribution >= 0.6 is 0 Å². The summed E-state index contributed by atoms with van der Waals surface area (Å²) in [6.45, 7) is 13.3. The Hall–Kier alpha value is -2.88. The maximum atomic E-state index is 12.1. The van der Waals surface area contributed by atoms with Gasteiger partial charge >= 0.3 is 27.2 Å². The number of fused-ring (bicyclic) bond motifs is 5. The van der Waals surface area contributed by atoms with Crippen molar-refractivity contribution in [1.82, 2.24) is 45.5 Å². The summed E-state index contributed by atoms with van der Waals surface area (Å²) in [7, 11) is 0. The number of aromatic nitrogens is 9. The molecule has 6 rings (SSSR count). The van der Waals surface area contributed by atoms with E-state index >= 15 is 0 Å². The maximum Gasteiger partial charge on any atom is 2.00 e. The Morgan fingerprint density at radius 3 is 2.41 bits per heavy atom. The molecule has 0 saturated heterocycles. The van der Waals surface area contributed by atoms with E-state index in [1.165, 1.54) is 29.7 Å². The van der Waals surface area contributed by atoms with E-state index < -0.39 is 12.0 Å². The standard InChI is InChI=1S/C20H27N3.C6H3F3N6.Pt/c1-12(2)10-13-7-9-21-15(11-13)17-16-14-6-8-20(5,19(14,3)4)18(16)23-22-17;1-2-10-3(13-12-2)4-11-5(15-14-4)6(7,8)9;/h7,9,11-12,14H,6,8,10H2,1-5H3,(H,22,23);1H3;/q;-2;+2. The number of pyridine rings is 1. The van der Waals surface area contributed by atoms with E-state index in [-0.39, 0.29) is 38.1 Å². The van der Waals surface area contributed by atoms with Crippen molar-refractivity contribution in [2.45, 2.75) is 78.3 Å². The van der Waals surface area contributed by atoms with Crippen molar-refractivity contribution in [3.63, 3.8) is 0 Å². The van der Waals surface area contributed by atoms with Crippen molar-refractivity contribution in [2.75, 3.05) is 0 Å². The molecule has 2 bridgehead atoms. The van der Waals surface area contributed by atoms with Gasteiger partial charge in [-0.05, 0) is 72.8 Å². The van der Waals surface area contributed by atoms with Crippen LogP contribution in [0.25, 0.3) is 23.0 Å². The number of hydrogen-bond acceptors (Lipinski definition) is 6. The van der Waals surface area contributed by atoms with Gasteiger partial charge in [0.05, 0.1) is 5.69 Å². The number of aromatic amines is 1. The van der Waals surface area contributed by atoms with Crippen molar-refractivity contribution in [1.29, 1.82) is 0 Å². The van der Waals surface area contributed by atoms with Crippen LogP contribution in [0.2, 0.25) is 0 Å². The minimum atomic E-state index is -4.61. The first-order chi connectivity index (χ1) is 17.8. The molecule has 9 nitrogen and oxygen atoms in total. The number of nitrogens with zero attached hydrogens (tertiary/aromatic N) is 8. The van der Waals surface area contributed by atoms with Gasteiger partial charge in [-0.2, -0.15) is 18.3 Å². The molecule has 1 N–H and O–H groups in total. The second-order valence-electron chi connectivity index (χ2n) is 11.3. The van der Waals surface area contributed by atoms with Gasteiger partial charge in [0.2, 0.25) is 0 Å². The molecule has 4 aromatic heterocycles. The van der Waals surface area contributed by atoms with Crippen LogP contribution in [0.5, 0.6) is 0 Å². The van der Waals surface area contributed by atoms with Crippen LogP contribution in [0.15, 0.2) is 18.3 Å². The Morgan fingerprint density at radius 1 is 1.10 bits per heavy atom. The number of alkyl halides is 3. The number of aryl methyl sites for hydroxylation is 1. The number of H-pyrrole nitrogens is 1. The molecule has 0 aliphatic heterocycles. The summed E-state index contributed by atoms with van der Waals surface area (Å²) in [6, 6.07) is 4.37. The average Bonchev–Trinajstić information content (AvgIpc) is 3.62. The zero-order chi connectivity index (χ0) is 27.5. The van der Waals surface area contributed by atoms with E-state index in [9.17, 15) is 13.2 Å². The number of nitrogens with one attached hydrogen (secondary N) is 1. The van der Waals surface area contributed by atoms with E-state index in [2.05, 4.69) is 87.2 Å².